The molecule has 1 aliphatic rings. The lowest BCUT2D eigenvalue weighted by Crippen LogP contribution is -2.41. The van der Waals surface area contributed by atoms with E-state index >= 15 is 0 Å². The van der Waals surface area contributed by atoms with Crippen LogP contribution in [0.1, 0.15) is 44.9 Å². The number of hydrogen-bond donors (Lipinski definition) is 1. The number of carbonyl (C=O) groups is 1. The minimum Gasteiger partial charge on any atom is -0.444 e. The number of ether oxygens (including phenoxy) is 2. The van der Waals surface area contributed by atoms with Crippen molar-refractivity contribution in [3.05, 3.63) is 35.4 Å². The number of carbonyl (C=O) groups excluding carboxylic acids is 1. The quantitative estimate of drug-likeness (QED) is 0.908. The highest BCUT2D eigenvalue weighted by molar-refractivity contribution is 5.68. The molecule has 2 rings (SSSR count). The second-order valence-corrected chi connectivity index (χ2v) is 7.39. The van der Waals surface area contributed by atoms with Crippen molar-refractivity contribution in [1.29, 1.82) is 5.26 Å². The molecule has 1 fully saturated rings. The zero-order chi connectivity index (χ0) is 18.6. The molecular weight excluding hydrogens is 318 g/mol. The van der Waals surface area contributed by atoms with Gasteiger partial charge in [0.2, 0.25) is 0 Å². The van der Waals surface area contributed by atoms with Gasteiger partial charge < -0.3 is 19.7 Å². The van der Waals surface area contributed by atoms with Crippen LogP contribution in [-0.2, 0) is 9.47 Å². The van der Waals surface area contributed by atoms with Crippen molar-refractivity contribution >= 4 is 6.09 Å². The fourth-order valence-corrected chi connectivity index (χ4v) is 2.94. The van der Waals surface area contributed by atoms with Gasteiger partial charge in [-0.3, -0.25) is 0 Å². The SMILES string of the molecule is CO[C@H]1CN(C(=O)OC(C)(C)C)CC1NC(C)c1cccc(C#N)c1. The van der Waals surface area contributed by atoms with E-state index in [4.69, 9.17) is 14.7 Å². The van der Waals surface area contributed by atoms with Crippen LogP contribution in [0.2, 0.25) is 0 Å². The van der Waals surface area contributed by atoms with Gasteiger partial charge in [0, 0.05) is 19.7 Å². The molecule has 0 radical (unpaired) electrons. The van der Waals surface area contributed by atoms with Crippen molar-refractivity contribution in [2.24, 2.45) is 0 Å². The van der Waals surface area contributed by atoms with Gasteiger partial charge in [0.05, 0.1) is 30.3 Å². The van der Waals surface area contributed by atoms with Crippen LogP contribution in [0.25, 0.3) is 0 Å². The summed E-state index contributed by atoms with van der Waals surface area (Å²) in [6.07, 6.45) is -0.424. The van der Waals surface area contributed by atoms with Gasteiger partial charge in [-0.25, -0.2) is 4.79 Å². The average Bonchev–Trinajstić information content (AvgIpc) is 2.96. The first kappa shape index (κ1) is 19.2. The Kier molecular flexibility index (Phi) is 6.04. The van der Waals surface area contributed by atoms with E-state index < -0.39 is 5.60 Å². The van der Waals surface area contributed by atoms with Crippen LogP contribution < -0.4 is 5.32 Å². The van der Waals surface area contributed by atoms with Gasteiger partial charge in [-0.15, -0.1) is 0 Å². The van der Waals surface area contributed by atoms with E-state index in [2.05, 4.69) is 11.4 Å². The number of benzene rings is 1. The van der Waals surface area contributed by atoms with E-state index in [-0.39, 0.29) is 24.3 Å². The molecule has 6 nitrogen and oxygen atoms in total. The van der Waals surface area contributed by atoms with Gasteiger partial charge >= 0.3 is 6.09 Å². The predicted octanol–water partition coefficient (Wildman–Crippen LogP) is 2.84. The van der Waals surface area contributed by atoms with Gasteiger partial charge in [-0.05, 0) is 45.4 Å². The number of hydrogen-bond acceptors (Lipinski definition) is 5. The summed E-state index contributed by atoms with van der Waals surface area (Å²) in [6, 6.07) is 9.72. The molecule has 1 amide bonds. The van der Waals surface area contributed by atoms with Gasteiger partial charge in [-0.1, -0.05) is 12.1 Å². The van der Waals surface area contributed by atoms with Crippen LogP contribution in [0.15, 0.2) is 24.3 Å². The molecule has 1 heterocycles. The van der Waals surface area contributed by atoms with Crippen LogP contribution in [-0.4, -0.2) is 48.9 Å². The topological polar surface area (TPSA) is 74.6 Å². The fourth-order valence-electron chi connectivity index (χ4n) is 2.94. The number of likely N-dealkylation sites (tertiary alicyclic amines) is 1. The van der Waals surface area contributed by atoms with Crippen molar-refractivity contribution < 1.29 is 14.3 Å². The van der Waals surface area contributed by atoms with E-state index in [1.807, 2.05) is 45.9 Å². The molecule has 3 atom stereocenters. The molecule has 1 saturated heterocycles. The molecule has 1 aliphatic heterocycles. The summed E-state index contributed by atoms with van der Waals surface area (Å²) in [5.41, 5.74) is 1.15. The third-order valence-electron chi connectivity index (χ3n) is 4.20. The van der Waals surface area contributed by atoms with Crippen molar-refractivity contribution in [2.45, 2.75) is 51.5 Å². The molecule has 6 heteroatoms. The van der Waals surface area contributed by atoms with Crippen molar-refractivity contribution in [1.82, 2.24) is 10.2 Å². The Labute approximate surface area is 149 Å². The first-order valence-electron chi connectivity index (χ1n) is 8.50. The van der Waals surface area contributed by atoms with Crippen molar-refractivity contribution in [2.75, 3.05) is 20.2 Å². The lowest BCUT2D eigenvalue weighted by molar-refractivity contribution is 0.0252. The summed E-state index contributed by atoms with van der Waals surface area (Å²) in [5.74, 6) is 0. The molecule has 0 aromatic heterocycles. The van der Waals surface area contributed by atoms with Crippen LogP contribution >= 0.6 is 0 Å². The second kappa shape index (κ2) is 7.85. The molecular formula is C19H27N3O3. The molecule has 0 saturated carbocycles. The molecule has 136 valence electrons. The third-order valence-corrected chi connectivity index (χ3v) is 4.20. The lowest BCUT2D eigenvalue weighted by atomic mass is 10.0. The first-order chi connectivity index (χ1) is 11.7. The predicted molar refractivity (Wildman–Crippen MR) is 95.1 cm³/mol. The van der Waals surface area contributed by atoms with Crippen molar-refractivity contribution in [3.8, 4) is 6.07 Å². The molecule has 1 aromatic rings. The lowest BCUT2D eigenvalue weighted by Gasteiger charge is -2.25. The fraction of sp³-hybridized carbons (Fsp3) is 0.579. The number of nitrogens with one attached hydrogen (secondary N) is 1. The molecule has 25 heavy (non-hydrogen) atoms. The standard InChI is InChI=1S/C19H27N3O3/c1-13(15-8-6-7-14(9-15)10-20)21-16-11-22(12-17(16)24-5)18(23)25-19(2,3)4/h6-9,13,16-17,21H,11-12H2,1-5H3/t13?,16?,17-/m0/s1. The van der Waals surface area contributed by atoms with Crippen molar-refractivity contribution in [3.63, 3.8) is 0 Å². The summed E-state index contributed by atoms with van der Waals surface area (Å²) >= 11 is 0. The number of nitrogens with zero attached hydrogens (tertiary/aromatic N) is 2. The van der Waals surface area contributed by atoms with Gasteiger partial charge in [0.15, 0.2) is 0 Å². The van der Waals surface area contributed by atoms with Crippen LogP contribution in [0.3, 0.4) is 0 Å². The molecule has 1 N–H and O–H groups in total. The van der Waals surface area contributed by atoms with E-state index in [1.54, 1.807) is 18.1 Å². The number of amides is 1. The summed E-state index contributed by atoms with van der Waals surface area (Å²) in [7, 11) is 1.65. The highest BCUT2D eigenvalue weighted by Gasteiger charge is 2.37. The molecule has 1 aromatic carbocycles. The number of methoxy groups -OCH3 is 1. The molecule has 2 unspecified atom stereocenters. The zero-order valence-electron chi connectivity index (χ0n) is 15.6. The monoisotopic (exact) mass is 345 g/mol. The Morgan fingerprint density at radius 3 is 2.72 bits per heavy atom. The molecule has 0 aliphatic carbocycles. The maximum Gasteiger partial charge on any atom is 0.410 e. The Balaban J connectivity index is 2.03. The van der Waals surface area contributed by atoms with E-state index in [1.165, 1.54) is 0 Å². The van der Waals surface area contributed by atoms with Gasteiger partial charge in [0.25, 0.3) is 0 Å². The molecule has 0 bridgehead atoms. The third kappa shape index (κ3) is 5.18. The average molecular weight is 345 g/mol. The van der Waals surface area contributed by atoms with E-state index in [9.17, 15) is 4.79 Å². The highest BCUT2D eigenvalue weighted by Crippen LogP contribution is 2.21. The highest BCUT2D eigenvalue weighted by atomic mass is 16.6. The van der Waals surface area contributed by atoms with Crippen LogP contribution in [0.5, 0.6) is 0 Å². The number of rotatable bonds is 4. The minimum atomic E-state index is -0.518. The summed E-state index contributed by atoms with van der Waals surface area (Å²) < 4.78 is 11.0. The Morgan fingerprint density at radius 1 is 1.40 bits per heavy atom. The Morgan fingerprint density at radius 2 is 2.12 bits per heavy atom. The van der Waals surface area contributed by atoms with Crippen LogP contribution in [0, 0.1) is 11.3 Å². The second-order valence-electron chi connectivity index (χ2n) is 7.39. The number of nitriles is 1. The minimum absolute atomic E-state index is 0.00161. The summed E-state index contributed by atoms with van der Waals surface area (Å²) in [4.78, 5) is 14.0. The first-order valence-corrected chi connectivity index (χ1v) is 8.50. The largest absolute Gasteiger partial charge is 0.444 e. The van der Waals surface area contributed by atoms with E-state index in [0.717, 1.165) is 5.56 Å². The van der Waals surface area contributed by atoms with Gasteiger partial charge in [0.1, 0.15) is 5.60 Å². The van der Waals surface area contributed by atoms with Crippen LogP contribution in [0.4, 0.5) is 4.79 Å². The zero-order valence-corrected chi connectivity index (χ0v) is 15.6. The summed E-state index contributed by atoms with van der Waals surface area (Å²) in [6.45, 7) is 8.63. The summed E-state index contributed by atoms with van der Waals surface area (Å²) in [5, 5.41) is 12.6. The maximum absolute atomic E-state index is 12.3. The Bertz CT molecular complexity index is 648. The van der Waals surface area contributed by atoms with E-state index in [0.29, 0.717) is 18.7 Å². The normalized spacial score (nSPS) is 21.7. The maximum atomic E-state index is 12.3. The van der Waals surface area contributed by atoms with Gasteiger partial charge in [-0.2, -0.15) is 5.26 Å². The Hall–Kier alpha value is -2.10. The smallest absolute Gasteiger partial charge is 0.410 e. The molecule has 0 spiro atoms.